The molecule has 0 spiro atoms. The Balaban J connectivity index is 2.25. The predicted molar refractivity (Wildman–Crippen MR) is 53.3 cm³/mol. The van der Waals surface area contributed by atoms with E-state index in [-0.39, 0.29) is 12.2 Å². The Morgan fingerprint density at radius 1 is 1.71 bits per heavy atom. The first-order chi connectivity index (χ1) is 6.88. The van der Waals surface area contributed by atoms with Crippen LogP contribution in [0, 0.1) is 0 Å². The molecule has 0 radical (unpaired) electrons. The van der Waals surface area contributed by atoms with E-state index >= 15 is 0 Å². The topological polar surface area (TPSA) is 50.7 Å². The Bertz CT molecular complexity index is 157. The summed E-state index contributed by atoms with van der Waals surface area (Å²) in [6, 6.07) is 0. The quantitative estimate of drug-likeness (QED) is 0.368. The van der Waals surface area contributed by atoms with E-state index in [0.29, 0.717) is 13.2 Å². The van der Waals surface area contributed by atoms with Crippen LogP contribution in [0.3, 0.4) is 0 Å². The summed E-state index contributed by atoms with van der Waals surface area (Å²) in [6.07, 6.45) is 5.11. The second-order valence-corrected chi connectivity index (χ2v) is 3.39. The lowest BCUT2D eigenvalue weighted by Crippen LogP contribution is -2.30. The van der Waals surface area contributed by atoms with Crippen LogP contribution in [0.15, 0.2) is 12.7 Å². The lowest BCUT2D eigenvalue weighted by atomic mass is 10.1. The summed E-state index contributed by atoms with van der Waals surface area (Å²) < 4.78 is 11.1. The van der Waals surface area contributed by atoms with E-state index in [9.17, 15) is 0 Å². The summed E-state index contributed by atoms with van der Waals surface area (Å²) >= 11 is 0. The van der Waals surface area contributed by atoms with E-state index in [2.05, 4.69) is 12.1 Å². The monoisotopic (exact) mass is 201 g/mol. The molecule has 1 heterocycles. The molecule has 1 aliphatic rings. The maximum Gasteiger partial charge on any atom is 0.0871 e. The number of hydrogen-bond donors (Lipinski definition) is 2. The summed E-state index contributed by atoms with van der Waals surface area (Å²) in [5, 5.41) is 8.39. The fourth-order valence-electron chi connectivity index (χ4n) is 1.64. The second kappa shape index (κ2) is 6.95. The molecule has 14 heavy (non-hydrogen) atoms. The van der Waals surface area contributed by atoms with Gasteiger partial charge in [-0.1, -0.05) is 6.08 Å². The van der Waals surface area contributed by atoms with Gasteiger partial charge in [-0.2, -0.15) is 0 Å². The van der Waals surface area contributed by atoms with Gasteiger partial charge in [0.15, 0.2) is 0 Å². The van der Waals surface area contributed by atoms with E-state index in [1.165, 1.54) is 0 Å². The Labute approximate surface area is 84.9 Å². The van der Waals surface area contributed by atoms with Gasteiger partial charge in [0.1, 0.15) is 0 Å². The normalized spacial score (nSPS) is 23.6. The molecule has 1 fully saturated rings. The van der Waals surface area contributed by atoms with Gasteiger partial charge in [-0.3, -0.25) is 0 Å². The fraction of sp³-hybridized carbons (Fsp3) is 0.800. The van der Waals surface area contributed by atoms with Crippen LogP contribution in [0.25, 0.3) is 0 Å². The van der Waals surface area contributed by atoms with Crippen molar-refractivity contribution in [3.63, 3.8) is 0 Å². The zero-order chi connectivity index (χ0) is 10.2. The fourth-order valence-corrected chi connectivity index (χ4v) is 1.64. The van der Waals surface area contributed by atoms with Gasteiger partial charge < -0.3 is 14.7 Å². The largest absolute Gasteiger partial charge is 0.376 e. The molecule has 0 aromatic heterocycles. The minimum absolute atomic E-state index is 0.0864. The Morgan fingerprint density at radius 3 is 3.14 bits per heavy atom. The highest BCUT2D eigenvalue weighted by atomic mass is 16.5. The predicted octanol–water partition coefficient (Wildman–Crippen LogP) is 1.11. The van der Waals surface area contributed by atoms with Gasteiger partial charge in [-0.05, 0) is 19.3 Å². The molecule has 1 aliphatic heterocycles. The summed E-state index contributed by atoms with van der Waals surface area (Å²) in [5.41, 5.74) is 2.06. The van der Waals surface area contributed by atoms with Crippen LogP contribution < -0.4 is 5.48 Å². The number of hydrogen-bond acceptors (Lipinski definition) is 4. The maximum atomic E-state index is 8.39. The summed E-state index contributed by atoms with van der Waals surface area (Å²) in [6.45, 7) is 5.47. The van der Waals surface area contributed by atoms with Crippen molar-refractivity contribution >= 4 is 0 Å². The molecule has 0 saturated carbocycles. The highest BCUT2D eigenvalue weighted by Gasteiger charge is 2.25. The third-order valence-electron chi connectivity index (χ3n) is 2.32. The molecule has 1 rings (SSSR count). The molecule has 82 valence electrons. The average Bonchev–Trinajstić information content (AvgIpc) is 2.70. The standard InChI is InChI=1S/C10H19NO3/c1-2-4-9(14-8-6-11-12)10-5-3-7-13-10/h2,9-12H,1,3-8H2/t9-,10+/m1/s1. The van der Waals surface area contributed by atoms with Crippen LogP contribution in [0.1, 0.15) is 19.3 Å². The highest BCUT2D eigenvalue weighted by molar-refractivity contribution is 4.82. The Kier molecular flexibility index (Phi) is 5.78. The number of rotatable bonds is 7. The average molecular weight is 201 g/mol. The van der Waals surface area contributed by atoms with Crippen molar-refractivity contribution < 1.29 is 14.7 Å². The second-order valence-electron chi connectivity index (χ2n) is 3.39. The van der Waals surface area contributed by atoms with Gasteiger partial charge in [-0.25, -0.2) is 5.48 Å². The van der Waals surface area contributed by atoms with Crippen molar-refractivity contribution in [1.82, 2.24) is 5.48 Å². The molecule has 1 saturated heterocycles. The molecule has 2 atom stereocenters. The molecule has 4 nitrogen and oxygen atoms in total. The molecule has 0 aromatic rings. The molecular formula is C10H19NO3. The summed E-state index contributed by atoms with van der Waals surface area (Å²) in [4.78, 5) is 0. The van der Waals surface area contributed by atoms with Gasteiger partial charge in [0.25, 0.3) is 0 Å². The summed E-state index contributed by atoms with van der Waals surface area (Å²) in [5.74, 6) is 0. The Hall–Kier alpha value is -0.420. The lowest BCUT2D eigenvalue weighted by Gasteiger charge is -2.21. The van der Waals surface area contributed by atoms with E-state index in [1.54, 1.807) is 0 Å². The van der Waals surface area contributed by atoms with Gasteiger partial charge in [-0.15, -0.1) is 6.58 Å². The molecule has 0 unspecified atom stereocenters. The zero-order valence-electron chi connectivity index (χ0n) is 8.45. The molecule has 0 aliphatic carbocycles. The first kappa shape index (κ1) is 11.7. The smallest absolute Gasteiger partial charge is 0.0871 e. The number of nitrogens with one attached hydrogen (secondary N) is 1. The van der Waals surface area contributed by atoms with Crippen LogP contribution in [0.4, 0.5) is 0 Å². The zero-order valence-corrected chi connectivity index (χ0v) is 8.45. The van der Waals surface area contributed by atoms with Gasteiger partial charge in [0, 0.05) is 13.2 Å². The molecule has 2 N–H and O–H groups in total. The van der Waals surface area contributed by atoms with E-state index in [4.69, 9.17) is 14.7 Å². The lowest BCUT2D eigenvalue weighted by molar-refractivity contribution is -0.0505. The Morgan fingerprint density at radius 2 is 2.57 bits per heavy atom. The first-order valence-electron chi connectivity index (χ1n) is 5.09. The SMILES string of the molecule is C=CC[C@@H](OCCNO)[C@@H]1CCCO1. The molecular weight excluding hydrogens is 182 g/mol. The third kappa shape index (κ3) is 3.75. The van der Waals surface area contributed by atoms with E-state index in [1.807, 2.05) is 6.08 Å². The van der Waals surface area contributed by atoms with Crippen molar-refractivity contribution in [2.75, 3.05) is 19.8 Å². The van der Waals surface area contributed by atoms with Gasteiger partial charge in [0.2, 0.25) is 0 Å². The molecule has 0 aromatic carbocycles. The van der Waals surface area contributed by atoms with Crippen LogP contribution in [0.5, 0.6) is 0 Å². The molecule has 0 bridgehead atoms. The minimum atomic E-state index is 0.0864. The molecule has 0 amide bonds. The number of hydroxylamine groups is 1. The van der Waals surface area contributed by atoms with Crippen molar-refractivity contribution in [2.24, 2.45) is 0 Å². The van der Waals surface area contributed by atoms with Crippen LogP contribution in [-0.4, -0.2) is 37.2 Å². The summed E-state index contributed by atoms with van der Waals surface area (Å²) in [7, 11) is 0. The van der Waals surface area contributed by atoms with Crippen molar-refractivity contribution in [3.05, 3.63) is 12.7 Å². The van der Waals surface area contributed by atoms with E-state index < -0.39 is 0 Å². The van der Waals surface area contributed by atoms with Gasteiger partial charge >= 0.3 is 0 Å². The van der Waals surface area contributed by atoms with Gasteiger partial charge in [0.05, 0.1) is 18.8 Å². The number of ether oxygens (including phenoxy) is 2. The van der Waals surface area contributed by atoms with Crippen LogP contribution in [-0.2, 0) is 9.47 Å². The van der Waals surface area contributed by atoms with Crippen molar-refractivity contribution in [2.45, 2.75) is 31.5 Å². The molecule has 4 heteroatoms. The van der Waals surface area contributed by atoms with Crippen molar-refractivity contribution in [3.8, 4) is 0 Å². The van der Waals surface area contributed by atoms with Crippen molar-refractivity contribution in [1.29, 1.82) is 0 Å². The van der Waals surface area contributed by atoms with Crippen LogP contribution >= 0.6 is 0 Å². The first-order valence-corrected chi connectivity index (χ1v) is 5.09. The highest BCUT2D eigenvalue weighted by Crippen LogP contribution is 2.20. The third-order valence-corrected chi connectivity index (χ3v) is 2.32. The van der Waals surface area contributed by atoms with Crippen LogP contribution in [0.2, 0.25) is 0 Å². The minimum Gasteiger partial charge on any atom is -0.376 e. The maximum absolute atomic E-state index is 8.39. The van der Waals surface area contributed by atoms with E-state index in [0.717, 1.165) is 25.9 Å².